The van der Waals surface area contributed by atoms with Crippen molar-refractivity contribution in [3.05, 3.63) is 30.3 Å². The third-order valence-electron chi connectivity index (χ3n) is 2.30. The molecule has 94 valence electrons. The molecular weight excluding hydrogens is 238 g/mol. The van der Waals surface area contributed by atoms with Gasteiger partial charge in [-0.2, -0.15) is 0 Å². The first kappa shape index (κ1) is 13.7. The second-order valence-electron chi connectivity index (χ2n) is 4.08. The van der Waals surface area contributed by atoms with E-state index in [-0.39, 0.29) is 24.1 Å². The Morgan fingerprint density at radius 3 is 2.35 bits per heavy atom. The van der Waals surface area contributed by atoms with E-state index in [1.165, 1.54) is 0 Å². The number of hydrogen-bond acceptors (Lipinski definition) is 3. The van der Waals surface area contributed by atoms with Crippen LogP contribution in [0.5, 0.6) is 0 Å². The zero-order valence-electron chi connectivity index (χ0n) is 10.0. The third kappa shape index (κ3) is 4.19. The van der Waals surface area contributed by atoms with Gasteiger partial charge in [0.05, 0.1) is 10.6 Å². The largest absolute Gasteiger partial charge is 0.355 e. The molecule has 1 amide bonds. The third-order valence-corrected chi connectivity index (χ3v) is 4.03. The fourth-order valence-electron chi connectivity index (χ4n) is 1.26. The maximum Gasteiger partial charge on any atom is 0.222 e. The molecule has 0 bridgehead atoms. The van der Waals surface area contributed by atoms with Crippen molar-refractivity contribution in [3.8, 4) is 0 Å². The molecule has 0 spiro atoms. The molecule has 17 heavy (non-hydrogen) atoms. The van der Waals surface area contributed by atoms with Crippen LogP contribution in [-0.2, 0) is 14.6 Å². The van der Waals surface area contributed by atoms with Gasteiger partial charge in [0, 0.05) is 12.5 Å². The predicted octanol–water partition coefficient (Wildman–Crippen LogP) is 1.23. The van der Waals surface area contributed by atoms with Gasteiger partial charge in [-0.15, -0.1) is 0 Å². The number of carbonyl (C=O) groups excluding carboxylic acids is 1. The van der Waals surface area contributed by atoms with Crippen LogP contribution in [0.4, 0.5) is 0 Å². The zero-order chi connectivity index (χ0) is 12.9. The molecule has 0 unspecified atom stereocenters. The van der Waals surface area contributed by atoms with E-state index in [4.69, 9.17) is 0 Å². The number of carbonyl (C=O) groups is 1. The highest BCUT2D eigenvalue weighted by Gasteiger charge is 2.14. The van der Waals surface area contributed by atoms with E-state index in [9.17, 15) is 13.2 Å². The van der Waals surface area contributed by atoms with E-state index in [1.807, 2.05) is 0 Å². The number of amides is 1. The van der Waals surface area contributed by atoms with Crippen molar-refractivity contribution in [1.29, 1.82) is 0 Å². The highest BCUT2D eigenvalue weighted by atomic mass is 32.2. The van der Waals surface area contributed by atoms with Crippen molar-refractivity contribution in [2.24, 2.45) is 5.92 Å². The zero-order valence-corrected chi connectivity index (χ0v) is 10.8. The Morgan fingerprint density at radius 1 is 1.24 bits per heavy atom. The molecule has 0 fully saturated rings. The summed E-state index contributed by atoms with van der Waals surface area (Å²) in [6.07, 6.45) is 0. The maximum atomic E-state index is 11.8. The number of hydrogen-bond donors (Lipinski definition) is 1. The van der Waals surface area contributed by atoms with E-state index in [2.05, 4.69) is 5.32 Å². The summed E-state index contributed by atoms with van der Waals surface area (Å²) >= 11 is 0. The second kappa shape index (κ2) is 5.82. The van der Waals surface area contributed by atoms with Crippen molar-refractivity contribution in [2.45, 2.75) is 18.7 Å². The number of benzene rings is 1. The van der Waals surface area contributed by atoms with Crippen molar-refractivity contribution in [3.63, 3.8) is 0 Å². The molecule has 1 aromatic rings. The molecular formula is C12H17NO3S. The van der Waals surface area contributed by atoms with E-state index in [0.717, 1.165) is 0 Å². The van der Waals surface area contributed by atoms with Crippen molar-refractivity contribution in [1.82, 2.24) is 5.32 Å². The lowest BCUT2D eigenvalue weighted by molar-refractivity contribution is -0.123. The normalized spacial score (nSPS) is 11.5. The molecule has 0 radical (unpaired) electrons. The van der Waals surface area contributed by atoms with Crippen LogP contribution >= 0.6 is 0 Å². The summed E-state index contributed by atoms with van der Waals surface area (Å²) < 4.78 is 23.7. The Kier molecular flexibility index (Phi) is 4.69. The van der Waals surface area contributed by atoms with Gasteiger partial charge in [0.2, 0.25) is 5.91 Å². The lowest BCUT2D eigenvalue weighted by Gasteiger charge is -2.08. The maximum absolute atomic E-state index is 11.8. The summed E-state index contributed by atoms with van der Waals surface area (Å²) in [5.41, 5.74) is 0. The first-order valence-electron chi connectivity index (χ1n) is 5.49. The van der Waals surface area contributed by atoms with E-state index in [1.54, 1.807) is 44.2 Å². The predicted molar refractivity (Wildman–Crippen MR) is 66.3 cm³/mol. The van der Waals surface area contributed by atoms with Crippen LogP contribution in [0.2, 0.25) is 0 Å². The Bertz CT molecular complexity index is 466. The number of nitrogens with one attached hydrogen (secondary N) is 1. The SMILES string of the molecule is CC(C)C(=O)NCCS(=O)(=O)c1ccccc1. The van der Waals surface area contributed by atoms with Gasteiger partial charge in [-0.3, -0.25) is 4.79 Å². The minimum absolute atomic E-state index is 0.0739. The van der Waals surface area contributed by atoms with Gasteiger partial charge >= 0.3 is 0 Å². The molecule has 0 aliphatic carbocycles. The first-order valence-corrected chi connectivity index (χ1v) is 7.14. The molecule has 0 heterocycles. The van der Waals surface area contributed by atoms with Gasteiger partial charge < -0.3 is 5.32 Å². The summed E-state index contributed by atoms with van der Waals surface area (Å²) in [5.74, 6) is -0.335. The quantitative estimate of drug-likeness (QED) is 0.860. The van der Waals surface area contributed by atoms with E-state index in [0.29, 0.717) is 4.90 Å². The summed E-state index contributed by atoms with van der Waals surface area (Å²) in [6, 6.07) is 8.23. The average molecular weight is 255 g/mol. The minimum Gasteiger partial charge on any atom is -0.355 e. The Balaban J connectivity index is 2.55. The van der Waals surface area contributed by atoms with Gasteiger partial charge in [-0.1, -0.05) is 32.0 Å². The molecule has 0 aliphatic rings. The van der Waals surface area contributed by atoms with Gasteiger partial charge in [-0.05, 0) is 12.1 Å². The van der Waals surface area contributed by atoms with Gasteiger partial charge in [0.1, 0.15) is 0 Å². The van der Waals surface area contributed by atoms with Crippen LogP contribution in [0, 0.1) is 5.92 Å². The number of sulfone groups is 1. The van der Waals surface area contributed by atoms with E-state index >= 15 is 0 Å². The molecule has 0 saturated carbocycles. The fraction of sp³-hybridized carbons (Fsp3) is 0.417. The van der Waals surface area contributed by atoms with Crippen LogP contribution in [-0.4, -0.2) is 26.6 Å². The smallest absolute Gasteiger partial charge is 0.222 e. The molecule has 1 rings (SSSR count). The summed E-state index contributed by atoms with van der Waals surface area (Å²) in [4.78, 5) is 11.5. The molecule has 0 aromatic heterocycles. The highest BCUT2D eigenvalue weighted by Crippen LogP contribution is 2.09. The average Bonchev–Trinajstić information content (AvgIpc) is 2.29. The Hall–Kier alpha value is -1.36. The van der Waals surface area contributed by atoms with Crippen molar-refractivity contribution in [2.75, 3.05) is 12.3 Å². The Labute approximate surface area is 102 Å². The van der Waals surface area contributed by atoms with Crippen molar-refractivity contribution >= 4 is 15.7 Å². The lowest BCUT2D eigenvalue weighted by atomic mass is 10.2. The van der Waals surface area contributed by atoms with Gasteiger partial charge in [-0.25, -0.2) is 8.42 Å². The topological polar surface area (TPSA) is 63.2 Å². The van der Waals surface area contributed by atoms with E-state index < -0.39 is 9.84 Å². The Morgan fingerprint density at radius 2 is 1.82 bits per heavy atom. The molecule has 5 heteroatoms. The monoisotopic (exact) mass is 255 g/mol. The molecule has 1 aromatic carbocycles. The van der Waals surface area contributed by atoms with Crippen LogP contribution in [0.25, 0.3) is 0 Å². The summed E-state index contributed by atoms with van der Waals surface area (Å²) in [5, 5.41) is 2.59. The second-order valence-corrected chi connectivity index (χ2v) is 6.19. The standard InChI is InChI=1S/C12H17NO3S/c1-10(2)12(14)13-8-9-17(15,16)11-6-4-3-5-7-11/h3-7,10H,8-9H2,1-2H3,(H,13,14). The fourth-order valence-corrected chi connectivity index (χ4v) is 2.44. The van der Waals surface area contributed by atoms with Gasteiger partial charge in [0.25, 0.3) is 0 Å². The molecule has 1 N–H and O–H groups in total. The minimum atomic E-state index is -3.30. The van der Waals surface area contributed by atoms with Gasteiger partial charge in [0.15, 0.2) is 9.84 Å². The lowest BCUT2D eigenvalue weighted by Crippen LogP contribution is -2.32. The molecule has 4 nitrogen and oxygen atoms in total. The summed E-state index contributed by atoms with van der Waals surface area (Å²) in [7, 11) is -3.30. The molecule has 0 saturated heterocycles. The highest BCUT2D eigenvalue weighted by molar-refractivity contribution is 7.91. The van der Waals surface area contributed by atoms with Crippen LogP contribution < -0.4 is 5.32 Å². The van der Waals surface area contributed by atoms with Crippen LogP contribution in [0.15, 0.2) is 35.2 Å². The number of rotatable bonds is 5. The first-order chi connectivity index (χ1) is 7.93. The van der Waals surface area contributed by atoms with Crippen LogP contribution in [0.1, 0.15) is 13.8 Å². The molecule has 0 aliphatic heterocycles. The summed E-state index contributed by atoms with van der Waals surface area (Å²) in [6.45, 7) is 3.68. The van der Waals surface area contributed by atoms with Crippen molar-refractivity contribution < 1.29 is 13.2 Å². The molecule has 0 atom stereocenters. The van der Waals surface area contributed by atoms with Crippen LogP contribution in [0.3, 0.4) is 0 Å².